The molecule has 6 nitrogen and oxygen atoms in total. The summed E-state index contributed by atoms with van der Waals surface area (Å²) in [6, 6.07) is 3.41. The van der Waals surface area contributed by atoms with Crippen LogP contribution in [0.15, 0.2) is 18.3 Å². The normalized spacial score (nSPS) is 19.6. The van der Waals surface area contributed by atoms with E-state index < -0.39 is 4.92 Å². The maximum absolute atomic E-state index is 10.7. The molecule has 0 aromatic carbocycles. The highest BCUT2D eigenvalue weighted by Crippen LogP contribution is 2.20. The van der Waals surface area contributed by atoms with Gasteiger partial charge in [-0.1, -0.05) is 0 Å². The molecule has 1 saturated heterocycles. The van der Waals surface area contributed by atoms with E-state index >= 15 is 0 Å². The molecule has 0 unspecified atom stereocenters. The Hall–Kier alpha value is -1.69. The van der Waals surface area contributed by atoms with Crippen molar-refractivity contribution in [1.29, 1.82) is 0 Å². The van der Waals surface area contributed by atoms with Crippen molar-refractivity contribution >= 4 is 11.5 Å². The molecule has 2 N–H and O–H groups in total. The molecule has 2 heterocycles. The molecule has 1 aromatic heterocycles. The Labute approximate surface area is 93.2 Å². The molecule has 0 amide bonds. The van der Waals surface area contributed by atoms with Crippen molar-refractivity contribution in [2.24, 2.45) is 0 Å². The zero-order chi connectivity index (χ0) is 11.4. The van der Waals surface area contributed by atoms with Crippen molar-refractivity contribution in [2.45, 2.75) is 18.9 Å². The Balaban J connectivity index is 2.00. The van der Waals surface area contributed by atoms with Gasteiger partial charge in [-0.15, -0.1) is 0 Å². The zero-order valence-corrected chi connectivity index (χ0v) is 8.85. The van der Waals surface area contributed by atoms with Crippen molar-refractivity contribution in [3.63, 3.8) is 0 Å². The average Bonchev–Trinajstić information content (AvgIpc) is 2.79. The van der Waals surface area contributed by atoms with Crippen LogP contribution in [-0.2, 0) is 0 Å². The highest BCUT2D eigenvalue weighted by molar-refractivity contribution is 5.55. The molecule has 0 saturated carbocycles. The summed E-state index contributed by atoms with van der Waals surface area (Å²) in [6.07, 6.45) is 3.82. The molecule has 1 aromatic rings. The van der Waals surface area contributed by atoms with Crippen molar-refractivity contribution in [3.8, 4) is 0 Å². The zero-order valence-electron chi connectivity index (χ0n) is 8.85. The summed E-state index contributed by atoms with van der Waals surface area (Å²) in [5.41, 5.74) is 0.0282. The lowest BCUT2D eigenvalue weighted by Crippen LogP contribution is -2.29. The lowest BCUT2D eigenvalue weighted by Gasteiger charge is -2.11. The second-order valence-corrected chi connectivity index (χ2v) is 3.80. The van der Waals surface area contributed by atoms with Gasteiger partial charge in [0.25, 0.3) is 0 Å². The largest absolute Gasteiger partial charge is 0.363 e. The van der Waals surface area contributed by atoms with E-state index in [1.807, 2.05) is 0 Å². The van der Waals surface area contributed by atoms with Gasteiger partial charge >= 0.3 is 5.69 Å². The van der Waals surface area contributed by atoms with Crippen LogP contribution in [0, 0.1) is 10.1 Å². The standard InChI is InChI=1S/C10H14N4O2/c15-14(16)9-4-2-6-12-10(9)13-7-8-3-1-5-11-8/h2,4,6,8,11H,1,3,5,7H2,(H,12,13)/t8-/m1/s1. The highest BCUT2D eigenvalue weighted by Gasteiger charge is 2.17. The van der Waals surface area contributed by atoms with Crippen LogP contribution in [-0.4, -0.2) is 29.0 Å². The predicted octanol–water partition coefficient (Wildman–Crippen LogP) is 1.15. The number of hydrogen-bond acceptors (Lipinski definition) is 5. The van der Waals surface area contributed by atoms with Crippen LogP contribution in [0.1, 0.15) is 12.8 Å². The topological polar surface area (TPSA) is 80.1 Å². The van der Waals surface area contributed by atoms with Crippen LogP contribution in [0.5, 0.6) is 0 Å². The molecule has 0 bridgehead atoms. The van der Waals surface area contributed by atoms with Crippen LogP contribution in [0.4, 0.5) is 11.5 Å². The number of hydrogen-bond donors (Lipinski definition) is 2. The third-order valence-corrected chi connectivity index (χ3v) is 2.66. The first-order valence-corrected chi connectivity index (χ1v) is 5.34. The average molecular weight is 222 g/mol. The number of aromatic nitrogens is 1. The molecule has 16 heavy (non-hydrogen) atoms. The molecule has 6 heteroatoms. The molecule has 2 rings (SSSR count). The molecule has 0 aliphatic carbocycles. The third-order valence-electron chi connectivity index (χ3n) is 2.66. The first kappa shape index (κ1) is 10.8. The fourth-order valence-electron chi connectivity index (χ4n) is 1.83. The molecular formula is C10H14N4O2. The van der Waals surface area contributed by atoms with Crippen molar-refractivity contribution < 1.29 is 4.92 Å². The van der Waals surface area contributed by atoms with E-state index in [2.05, 4.69) is 15.6 Å². The van der Waals surface area contributed by atoms with Gasteiger partial charge in [0.2, 0.25) is 5.82 Å². The third kappa shape index (κ3) is 2.46. The van der Waals surface area contributed by atoms with E-state index in [0.717, 1.165) is 19.4 Å². The minimum absolute atomic E-state index is 0.0282. The van der Waals surface area contributed by atoms with Gasteiger partial charge in [0.1, 0.15) is 0 Å². The Bertz CT molecular complexity index is 377. The summed E-state index contributed by atoms with van der Waals surface area (Å²) in [4.78, 5) is 14.3. The molecule has 1 aliphatic heterocycles. The summed E-state index contributed by atoms with van der Waals surface area (Å²) in [5, 5.41) is 17.1. The Morgan fingerprint density at radius 3 is 3.25 bits per heavy atom. The Kier molecular flexibility index (Phi) is 3.31. The number of nitrogens with one attached hydrogen (secondary N) is 2. The lowest BCUT2D eigenvalue weighted by atomic mass is 10.2. The number of pyridine rings is 1. The number of nitro groups is 1. The smallest absolute Gasteiger partial charge is 0.311 e. The SMILES string of the molecule is O=[N+]([O-])c1cccnc1NC[C@H]1CCCN1. The van der Waals surface area contributed by atoms with Crippen molar-refractivity contribution in [2.75, 3.05) is 18.4 Å². The van der Waals surface area contributed by atoms with Gasteiger partial charge in [-0.2, -0.15) is 0 Å². The van der Waals surface area contributed by atoms with Gasteiger partial charge in [0.05, 0.1) is 4.92 Å². The fourth-order valence-corrected chi connectivity index (χ4v) is 1.83. The van der Waals surface area contributed by atoms with Crippen LogP contribution < -0.4 is 10.6 Å². The molecule has 86 valence electrons. The van der Waals surface area contributed by atoms with E-state index in [-0.39, 0.29) is 5.69 Å². The molecule has 1 atom stereocenters. The van der Waals surface area contributed by atoms with Crippen LogP contribution in [0.3, 0.4) is 0 Å². The molecular weight excluding hydrogens is 208 g/mol. The van der Waals surface area contributed by atoms with Crippen LogP contribution in [0.25, 0.3) is 0 Å². The van der Waals surface area contributed by atoms with Gasteiger partial charge in [0, 0.05) is 24.8 Å². The summed E-state index contributed by atoms with van der Waals surface area (Å²) < 4.78 is 0. The van der Waals surface area contributed by atoms with Gasteiger partial charge < -0.3 is 10.6 Å². The molecule has 1 fully saturated rings. The van der Waals surface area contributed by atoms with Gasteiger partial charge in [-0.05, 0) is 25.5 Å². The number of rotatable bonds is 4. The van der Waals surface area contributed by atoms with Crippen molar-refractivity contribution in [1.82, 2.24) is 10.3 Å². The lowest BCUT2D eigenvalue weighted by molar-refractivity contribution is -0.384. The van der Waals surface area contributed by atoms with E-state index in [9.17, 15) is 10.1 Å². The molecule has 1 aliphatic rings. The highest BCUT2D eigenvalue weighted by atomic mass is 16.6. The fraction of sp³-hybridized carbons (Fsp3) is 0.500. The molecule has 0 spiro atoms. The van der Waals surface area contributed by atoms with E-state index in [1.165, 1.54) is 6.07 Å². The van der Waals surface area contributed by atoms with Crippen LogP contribution in [0.2, 0.25) is 0 Å². The maximum Gasteiger partial charge on any atom is 0.311 e. The van der Waals surface area contributed by atoms with Crippen LogP contribution >= 0.6 is 0 Å². The monoisotopic (exact) mass is 222 g/mol. The second-order valence-electron chi connectivity index (χ2n) is 3.80. The van der Waals surface area contributed by atoms with E-state index in [1.54, 1.807) is 12.3 Å². The van der Waals surface area contributed by atoms with Gasteiger partial charge in [-0.3, -0.25) is 10.1 Å². The van der Waals surface area contributed by atoms with Gasteiger partial charge in [-0.25, -0.2) is 4.98 Å². The number of nitrogens with zero attached hydrogens (tertiary/aromatic N) is 2. The van der Waals surface area contributed by atoms with E-state index in [0.29, 0.717) is 18.4 Å². The molecule has 0 radical (unpaired) electrons. The Morgan fingerprint density at radius 2 is 2.56 bits per heavy atom. The van der Waals surface area contributed by atoms with Crippen molar-refractivity contribution in [3.05, 3.63) is 28.4 Å². The minimum Gasteiger partial charge on any atom is -0.363 e. The summed E-state index contributed by atoms with van der Waals surface area (Å²) >= 11 is 0. The Morgan fingerprint density at radius 1 is 1.69 bits per heavy atom. The maximum atomic E-state index is 10.7. The predicted molar refractivity (Wildman–Crippen MR) is 60.4 cm³/mol. The first-order valence-electron chi connectivity index (χ1n) is 5.34. The van der Waals surface area contributed by atoms with E-state index in [4.69, 9.17) is 0 Å². The summed E-state index contributed by atoms with van der Waals surface area (Å²) in [7, 11) is 0. The number of anilines is 1. The summed E-state index contributed by atoms with van der Waals surface area (Å²) in [5.74, 6) is 0.348. The quantitative estimate of drug-likeness (QED) is 0.590. The second kappa shape index (κ2) is 4.89. The minimum atomic E-state index is -0.419. The summed E-state index contributed by atoms with van der Waals surface area (Å²) in [6.45, 7) is 1.70. The van der Waals surface area contributed by atoms with Gasteiger partial charge in [0.15, 0.2) is 0 Å². The first-order chi connectivity index (χ1) is 7.77.